The number of nitrogens with zero attached hydrogens (tertiary/aromatic N) is 4. The molecule has 1 N–H and O–H groups in total. The van der Waals surface area contributed by atoms with E-state index in [1.165, 1.54) is 7.11 Å². The van der Waals surface area contributed by atoms with Crippen molar-refractivity contribution in [2.75, 3.05) is 31.9 Å². The molecule has 2 aromatic heterocycles. The van der Waals surface area contributed by atoms with Gasteiger partial charge in [0.15, 0.2) is 5.65 Å². The number of pyridine rings is 1. The standard InChI is InChI=1S/C20H25N5O3S/c1-14-11-18-22-13-23-25(18)20(24(2)3)17(14)12-15-5-7-16(8-6-15)29(21,27)10-9-19(26)28-4/h5-8,11,13,21H,9-10,12H2,1-4H3. The van der Waals surface area contributed by atoms with Crippen molar-refractivity contribution in [1.29, 1.82) is 4.78 Å². The Morgan fingerprint density at radius 1 is 1.28 bits per heavy atom. The number of fused-ring (bicyclic) bond motifs is 1. The molecule has 29 heavy (non-hydrogen) atoms. The Hall–Kier alpha value is -2.94. The lowest BCUT2D eigenvalue weighted by Gasteiger charge is -2.20. The number of carbonyl (C=O) groups is 1. The molecule has 0 saturated heterocycles. The first kappa shape index (κ1) is 20.8. The molecule has 154 valence electrons. The van der Waals surface area contributed by atoms with Crippen LogP contribution in [0.25, 0.3) is 5.65 Å². The van der Waals surface area contributed by atoms with Crippen LogP contribution in [0.1, 0.15) is 23.1 Å². The van der Waals surface area contributed by atoms with Gasteiger partial charge in [-0.3, -0.25) is 4.79 Å². The second kappa shape index (κ2) is 8.20. The first-order chi connectivity index (χ1) is 13.7. The molecule has 0 radical (unpaired) electrons. The van der Waals surface area contributed by atoms with Crippen LogP contribution in [0.15, 0.2) is 41.6 Å². The van der Waals surface area contributed by atoms with Gasteiger partial charge in [-0.25, -0.2) is 14.0 Å². The van der Waals surface area contributed by atoms with E-state index in [0.29, 0.717) is 11.3 Å². The van der Waals surface area contributed by atoms with Crippen LogP contribution in [0, 0.1) is 11.7 Å². The molecular formula is C20H25N5O3S. The number of aryl methyl sites for hydroxylation is 1. The number of carbonyl (C=O) groups excluding carboxylic acids is 1. The number of rotatable bonds is 7. The second-order valence-electron chi connectivity index (χ2n) is 7.08. The number of methoxy groups -OCH3 is 1. The summed E-state index contributed by atoms with van der Waals surface area (Å²) in [4.78, 5) is 18.0. The van der Waals surface area contributed by atoms with Crippen molar-refractivity contribution in [1.82, 2.24) is 14.6 Å². The predicted molar refractivity (Wildman–Crippen MR) is 112 cm³/mol. The minimum absolute atomic E-state index is 0.0378. The largest absolute Gasteiger partial charge is 0.469 e. The maximum absolute atomic E-state index is 12.6. The molecule has 0 amide bonds. The van der Waals surface area contributed by atoms with E-state index in [0.717, 1.165) is 28.2 Å². The fraction of sp³-hybridized carbons (Fsp3) is 0.350. The Morgan fingerprint density at radius 2 is 1.97 bits per heavy atom. The third-order valence-electron chi connectivity index (χ3n) is 4.80. The van der Waals surface area contributed by atoms with Gasteiger partial charge in [-0.1, -0.05) is 12.1 Å². The first-order valence-electron chi connectivity index (χ1n) is 9.14. The molecule has 0 aliphatic rings. The highest BCUT2D eigenvalue weighted by atomic mass is 32.2. The molecule has 9 heteroatoms. The topological polar surface area (TPSA) is 101 Å². The maximum atomic E-state index is 12.6. The molecule has 8 nitrogen and oxygen atoms in total. The van der Waals surface area contributed by atoms with Crippen LogP contribution in [-0.2, 0) is 25.7 Å². The van der Waals surface area contributed by atoms with Crippen molar-refractivity contribution in [2.45, 2.75) is 24.7 Å². The molecule has 1 aromatic carbocycles. The van der Waals surface area contributed by atoms with Crippen LogP contribution in [0.3, 0.4) is 0 Å². The summed E-state index contributed by atoms with van der Waals surface area (Å²) >= 11 is 0. The Morgan fingerprint density at radius 3 is 2.59 bits per heavy atom. The zero-order chi connectivity index (χ0) is 21.2. The normalized spacial score (nSPS) is 13.2. The highest BCUT2D eigenvalue weighted by Crippen LogP contribution is 2.27. The summed E-state index contributed by atoms with van der Waals surface area (Å²) in [5.41, 5.74) is 4.06. The maximum Gasteiger partial charge on any atom is 0.306 e. The van der Waals surface area contributed by atoms with E-state index in [2.05, 4.69) is 21.7 Å². The third-order valence-corrected chi connectivity index (χ3v) is 6.61. The van der Waals surface area contributed by atoms with E-state index < -0.39 is 15.7 Å². The van der Waals surface area contributed by atoms with E-state index in [1.807, 2.05) is 41.7 Å². The SMILES string of the molecule is COC(=O)CCS(=N)(=O)c1ccc(Cc2c(C)cc3ncnn3c2N(C)C)cc1. The van der Waals surface area contributed by atoms with E-state index >= 15 is 0 Å². The fourth-order valence-electron chi connectivity index (χ4n) is 3.25. The lowest BCUT2D eigenvalue weighted by atomic mass is 10.0. The Kier molecular flexibility index (Phi) is 5.88. The smallest absolute Gasteiger partial charge is 0.306 e. The summed E-state index contributed by atoms with van der Waals surface area (Å²) < 4.78 is 27.1. The van der Waals surface area contributed by atoms with Gasteiger partial charge in [-0.15, -0.1) is 0 Å². The van der Waals surface area contributed by atoms with Crippen molar-refractivity contribution in [2.24, 2.45) is 0 Å². The van der Waals surface area contributed by atoms with Crippen molar-refractivity contribution in [3.8, 4) is 0 Å². The quantitative estimate of drug-likeness (QED) is 0.596. The summed E-state index contributed by atoms with van der Waals surface area (Å²) in [7, 11) is 2.19. The molecule has 0 bridgehead atoms. The molecular weight excluding hydrogens is 390 g/mol. The third kappa shape index (κ3) is 4.40. The Balaban J connectivity index is 1.88. The fourth-order valence-corrected chi connectivity index (χ4v) is 4.52. The number of aromatic nitrogens is 3. The van der Waals surface area contributed by atoms with Crippen molar-refractivity contribution < 1.29 is 13.7 Å². The second-order valence-corrected chi connectivity index (χ2v) is 9.31. The first-order valence-corrected chi connectivity index (χ1v) is 10.9. The predicted octanol–water partition coefficient (Wildman–Crippen LogP) is 2.66. The summed E-state index contributed by atoms with van der Waals surface area (Å²) in [6, 6.07) is 9.19. The lowest BCUT2D eigenvalue weighted by molar-refractivity contribution is -0.140. The number of hydrogen-bond acceptors (Lipinski definition) is 7. The minimum Gasteiger partial charge on any atom is -0.469 e. The molecule has 0 aliphatic carbocycles. The van der Waals surface area contributed by atoms with Gasteiger partial charge in [-0.05, 0) is 36.2 Å². The number of hydrogen-bond donors (Lipinski definition) is 1. The summed E-state index contributed by atoms with van der Waals surface area (Å²) in [5, 5.41) is 4.33. The van der Waals surface area contributed by atoms with Crippen LogP contribution in [0.2, 0.25) is 0 Å². The van der Waals surface area contributed by atoms with E-state index in [9.17, 15) is 9.00 Å². The summed E-state index contributed by atoms with van der Waals surface area (Å²) in [6.45, 7) is 2.05. The number of ether oxygens (including phenoxy) is 1. The highest BCUT2D eigenvalue weighted by Gasteiger charge is 2.17. The van der Waals surface area contributed by atoms with Gasteiger partial charge in [-0.2, -0.15) is 9.61 Å². The van der Waals surface area contributed by atoms with Gasteiger partial charge >= 0.3 is 5.97 Å². The molecule has 2 heterocycles. The number of benzene rings is 1. The molecule has 0 fully saturated rings. The Labute approximate surface area is 170 Å². The van der Waals surface area contributed by atoms with Crippen LogP contribution in [0.4, 0.5) is 5.82 Å². The van der Waals surface area contributed by atoms with Gasteiger partial charge in [0.05, 0.1) is 23.3 Å². The average molecular weight is 416 g/mol. The average Bonchev–Trinajstić information content (AvgIpc) is 3.14. The van der Waals surface area contributed by atoms with Crippen LogP contribution in [-0.4, -0.2) is 51.7 Å². The number of esters is 1. The van der Waals surface area contributed by atoms with Gasteiger partial charge in [0.25, 0.3) is 0 Å². The zero-order valence-electron chi connectivity index (χ0n) is 17.0. The molecule has 0 spiro atoms. The van der Waals surface area contributed by atoms with Gasteiger partial charge in [0.1, 0.15) is 12.1 Å². The van der Waals surface area contributed by atoms with Crippen LogP contribution in [0.5, 0.6) is 0 Å². The molecule has 0 aliphatic heterocycles. The van der Waals surface area contributed by atoms with Crippen molar-refractivity contribution in [3.05, 3.63) is 53.3 Å². The van der Waals surface area contributed by atoms with E-state index in [4.69, 9.17) is 4.78 Å². The molecule has 0 saturated carbocycles. The number of nitrogens with one attached hydrogen (secondary N) is 1. The zero-order valence-corrected chi connectivity index (χ0v) is 17.8. The van der Waals surface area contributed by atoms with E-state index in [1.54, 1.807) is 18.5 Å². The Bertz CT molecular complexity index is 1130. The molecule has 3 rings (SSSR count). The molecule has 3 aromatic rings. The molecule has 1 atom stereocenters. The monoisotopic (exact) mass is 415 g/mol. The highest BCUT2D eigenvalue weighted by molar-refractivity contribution is 7.92. The van der Waals surface area contributed by atoms with Crippen LogP contribution >= 0.6 is 0 Å². The van der Waals surface area contributed by atoms with Gasteiger partial charge in [0, 0.05) is 36.7 Å². The molecule has 1 unspecified atom stereocenters. The minimum atomic E-state index is -3.04. The van der Waals surface area contributed by atoms with Crippen molar-refractivity contribution >= 4 is 27.2 Å². The van der Waals surface area contributed by atoms with Crippen LogP contribution < -0.4 is 4.90 Å². The van der Waals surface area contributed by atoms with Gasteiger partial charge in [0.2, 0.25) is 0 Å². The summed E-state index contributed by atoms with van der Waals surface area (Å²) in [5.74, 6) is 0.451. The van der Waals surface area contributed by atoms with Crippen molar-refractivity contribution in [3.63, 3.8) is 0 Å². The van der Waals surface area contributed by atoms with Gasteiger partial charge < -0.3 is 9.64 Å². The lowest BCUT2D eigenvalue weighted by Crippen LogP contribution is -2.17. The number of anilines is 1. The van der Waals surface area contributed by atoms with E-state index in [-0.39, 0.29) is 12.2 Å². The summed E-state index contributed by atoms with van der Waals surface area (Å²) in [6.07, 6.45) is 2.17.